The third-order valence-corrected chi connectivity index (χ3v) is 2.80. The summed E-state index contributed by atoms with van der Waals surface area (Å²) in [5.41, 5.74) is 6.52. The number of hydrogen-bond donors (Lipinski definition) is 1. The molecule has 1 aromatic heterocycles. The molecule has 0 bridgehead atoms. The van der Waals surface area contributed by atoms with E-state index in [2.05, 4.69) is 19.0 Å². The summed E-state index contributed by atoms with van der Waals surface area (Å²) in [6.07, 6.45) is 0.983. The van der Waals surface area contributed by atoms with Gasteiger partial charge in [0.2, 0.25) is 0 Å². The van der Waals surface area contributed by atoms with Gasteiger partial charge in [0, 0.05) is 6.54 Å². The molecule has 18 heavy (non-hydrogen) atoms. The van der Waals surface area contributed by atoms with Crippen LogP contribution in [0.5, 0.6) is 5.75 Å². The molecule has 4 nitrogen and oxygen atoms in total. The zero-order chi connectivity index (χ0) is 13.0. The van der Waals surface area contributed by atoms with E-state index >= 15 is 0 Å². The smallest absolute Gasteiger partial charge is 0.169 e. The average Bonchev–Trinajstić information content (AvgIpc) is 2.72. The van der Waals surface area contributed by atoms with Crippen LogP contribution in [0.2, 0.25) is 0 Å². The Kier molecular flexibility index (Phi) is 4.23. The number of fused-ring (bicyclic) bond motifs is 1. The molecule has 0 spiro atoms. The van der Waals surface area contributed by atoms with E-state index in [1.54, 1.807) is 0 Å². The average molecular weight is 248 g/mol. The summed E-state index contributed by atoms with van der Waals surface area (Å²) >= 11 is 0. The first-order valence-corrected chi connectivity index (χ1v) is 6.20. The summed E-state index contributed by atoms with van der Waals surface area (Å²) in [6, 6.07) is 7.85. The molecule has 0 aliphatic carbocycles. The molecule has 0 radical (unpaired) electrons. The minimum absolute atomic E-state index is 0.359. The number of ether oxygens (including phenoxy) is 1. The lowest BCUT2D eigenvalue weighted by Crippen LogP contribution is -2.15. The Morgan fingerprint density at radius 2 is 2.06 bits per heavy atom. The quantitative estimate of drug-likeness (QED) is 0.796. The fourth-order valence-corrected chi connectivity index (χ4v) is 1.92. The maximum Gasteiger partial charge on any atom is 0.169 e. The highest BCUT2D eigenvalue weighted by atomic mass is 16.5. The highest BCUT2D eigenvalue weighted by molar-refractivity contribution is 5.85. The lowest BCUT2D eigenvalue weighted by molar-refractivity contribution is 0.277. The molecule has 0 aliphatic heterocycles. The van der Waals surface area contributed by atoms with Crippen LogP contribution in [0, 0.1) is 0 Å². The number of rotatable bonds is 6. The molecule has 2 N–H and O–H groups in total. The van der Waals surface area contributed by atoms with Crippen LogP contribution in [0.25, 0.3) is 11.0 Å². The molecule has 0 saturated heterocycles. The zero-order valence-electron chi connectivity index (χ0n) is 11.0. The van der Waals surface area contributed by atoms with Crippen molar-refractivity contribution < 1.29 is 9.15 Å². The van der Waals surface area contributed by atoms with Gasteiger partial charge >= 0.3 is 0 Å². The lowest BCUT2D eigenvalue weighted by atomic mass is 10.2. The minimum atomic E-state index is 0.359. The fraction of sp³-hybridized carbons (Fsp3) is 0.429. The Morgan fingerprint density at radius 3 is 2.78 bits per heavy atom. The Morgan fingerprint density at radius 1 is 1.28 bits per heavy atom. The Balaban J connectivity index is 2.10. The van der Waals surface area contributed by atoms with Gasteiger partial charge < -0.3 is 19.8 Å². The van der Waals surface area contributed by atoms with Gasteiger partial charge in [0.25, 0.3) is 0 Å². The van der Waals surface area contributed by atoms with Crippen LogP contribution < -0.4 is 10.5 Å². The number of benzene rings is 1. The van der Waals surface area contributed by atoms with Crippen molar-refractivity contribution in [3.63, 3.8) is 0 Å². The highest BCUT2D eigenvalue weighted by Gasteiger charge is 2.13. The maximum atomic E-state index is 5.83. The van der Waals surface area contributed by atoms with Crippen LogP contribution in [0.3, 0.4) is 0 Å². The van der Waals surface area contributed by atoms with E-state index in [9.17, 15) is 0 Å². The Labute approximate surface area is 107 Å². The lowest BCUT2D eigenvalue weighted by Gasteiger charge is -2.10. The van der Waals surface area contributed by atoms with Crippen LogP contribution in [0.1, 0.15) is 12.2 Å². The van der Waals surface area contributed by atoms with E-state index in [0.29, 0.717) is 13.2 Å². The predicted molar refractivity (Wildman–Crippen MR) is 72.8 cm³/mol. The van der Waals surface area contributed by atoms with E-state index in [4.69, 9.17) is 14.9 Å². The van der Waals surface area contributed by atoms with Crippen molar-refractivity contribution in [3.8, 4) is 5.75 Å². The first kappa shape index (κ1) is 12.9. The number of nitrogens with two attached hydrogens (primary N) is 1. The third kappa shape index (κ3) is 2.83. The van der Waals surface area contributed by atoms with Crippen molar-refractivity contribution in [1.82, 2.24) is 4.90 Å². The molecular weight excluding hydrogens is 228 g/mol. The van der Waals surface area contributed by atoms with Crippen LogP contribution in [0.4, 0.5) is 0 Å². The van der Waals surface area contributed by atoms with Gasteiger partial charge in [0.15, 0.2) is 11.5 Å². The van der Waals surface area contributed by atoms with E-state index < -0.39 is 0 Å². The summed E-state index contributed by atoms with van der Waals surface area (Å²) < 4.78 is 11.5. The van der Waals surface area contributed by atoms with E-state index in [1.165, 1.54) is 0 Å². The van der Waals surface area contributed by atoms with Gasteiger partial charge in [0.1, 0.15) is 5.58 Å². The molecule has 1 aromatic carbocycles. The molecule has 0 atom stereocenters. The van der Waals surface area contributed by atoms with Crippen molar-refractivity contribution in [2.24, 2.45) is 5.73 Å². The van der Waals surface area contributed by atoms with Crippen molar-refractivity contribution in [2.45, 2.75) is 13.0 Å². The number of hydrogen-bond acceptors (Lipinski definition) is 4. The highest BCUT2D eigenvalue weighted by Crippen LogP contribution is 2.32. The van der Waals surface area contributed by atoms with Crippen LogP contribution >= 0.6 is 0 Å². The van der Waals surface area contributed by atoms with Crippen LogP contribution in [-0.4, -0.2) is 32.1 Å². The molecule has 0 fully saturated rings. The van der Waals surface area contributed by atoms with E-state index in [-0.39, 0.29) is 0 Å². The zero-order valence-corrected chi connectivity index (χ0v) is 11.0. The Bertz CT molecular complexity index is 505. The summed E-state index contributed by atoms with van der Waals surface area (Å²) in [5, 5.41) is 1.00. The molecule has 0 unspecified atom stereocenters. The second kappa shape index (κ2) is 5.89. The van der Waals surface area contributed by atoms with Crippen molar-refractivity contribution >= 4 is 11.0 Å². The number of para-hydroxylation sites is 1. The number of furan rings is 1. The minimum Gasteiger partial charge on any atom is -0.489 e. The molecule has 0 amide bonds. The topological polar surface area (TPSA) is 51.6 Å². The number of nitrogens with zero attached hydrogens (tertiary/aromatic N) is 1. The van der Waals surface area contributed by atoms with Gasteiger partial charge in [0.05, 0.1) is 18.5 Å². The monoisotopic (exact) mass is 248 g/mol. The van der Waals surface area contributed by atoms with Gasteiger partial charge in [-0.2, -0.15) is 0 Å². The second-order valence-corrected chi connectivity index (χ2v) is 4.56. The molecule has 4 heteroatoms. The molecule has 0 aliphatic rings. The van der Waals surface area contributed by atoms with Crippen LogP contribution in [0.15, 0.2) is 28.7 Å². The van der Waals surface area contributed by atoms with Gasteiger partial charge in [-0.05, 0) is 32.6 Å². The molecule has 2 rings (SSSR count). The van der Waals surface area contributed by atoms with Crippen LogP contribution in [-0.2, 0) is 6.54 Å². The third-order valence-electron chi connectivity index (χ3n) is 2.80. The van der Waals surface area contributed by atoms with Crippen molar-refractivity contribution in [2.75, 3.05) is 27.2 Å². The fourth-order valence-electron chi connectivity index (χ4n) is 1.92. The van der Waals surface area contributed by atoms with E-state index in [0.717, 1.165) is 35.4 Å². The standard InChI is InChI=1S/C14H20N2O2/c1-16(2)8-5-9-17-14-11-6-3-4-7-12(11)18-13(14)10-15/h3-4,6-7H,5,8-10,15H2,1-2H3. The first-order chi connectivity index (χ1) is 8.72. The SMILES string of the molecule is CN(C)CCCOc1c(CN)oc2ccccc12. The largest absolute Gasteiger partial charge is 0.489 e. The Hall–Kier alpha value is -1.52. The summed E-state index contributed by atoms with van der Waals surface area (Å²) in [4.78, 5) is 2.14. The van der Waals surface area contributed by atoms with Gasteiger partial charge in [-0.1, -0.05) is 12.1 Å². The van der Waals surface area contributed by atoms with E-state index in [1.807, 2.05) is 24.3 Å². The second-order valence-electron chi connectivity index (χ2n) is 4.56. The molecule has 1 heterocycles. The van der Waals surface area contributed by atoms with Gasteiger partial charge in [-0.25, -0.2) is 0 Å². The van der Waals surface area contributed by atoms with Crippen molar-refractivity contribution in [1.29, 1.82) is 0 Å². The summed E-state index contributed by atoms with van der Waals surface area (Å²) in [7, 11) is 4.11. The first-order valence-electron chi connectivity index (χ1n) is 6.20. The normalized spacial score (nSPS) is 11.3. The molecule has 0 saturated carbocycles. The maximum absolute atomic E-state index is 5.83. The molecule has 98 valence electrons. The molecular formula is C14H20N2O2. The van der Waals surface area contributed by atoms with Crippen molar-refractivity contribution in [3.05, 3.63) is 30.0 Å². The van der Waals surface area contributed by atoms with Gasteiger partial charge in [-0.3, -0.25) is 0 Å². The summed E-state index contributed by atoms with van der Waals surface area (Å²) in [6.45, 7) is 2.04. The summed E-state index contributed by atoms with van der Waals surface area (Å²) in [5.74, 6) is 1.52. The molecule has 2 aromatic rings. The predicted octanol–water partition coefficient (Wildman–Crippen LogP) is 2.22. The van der Waals surface area contributed by atoms with Gasteiger partial charge in [-0.15, -0.1) is 0 Å².